The van der Waals surface area contributed by atoms with Crippen LogP contribution in [0.4, 0.5) is 5.82 Å². The van der Waals surface area contributed by atoms with Crippen LogP contribution in [0.15, 0.2) is 31.2 Å². The molecule has 2 aromatic heterocycles. The monoisotopic (exact) mass is 297 g/mol. The van der Waals surface area contributed by atoms with E-state index in [9.17, 15) is 0 Å². The maximum atomic E-state index is 4.48. The van der Waals surface area contributed by atoms with Gasteiger partial charge in [0, 0.05) is 32.4 Å². The minimum Gasteiger partial charge on any atom is -0.355 e. The molecule has 1 aliphatic rings. The van der Waals surface area contributed by atoms with Crippen LogP contribution < -0.4 is 4.90 Å². The van der Waals surface area contributed by atoms with Crippen molar-refractivity contribution >= 4 is 16.9 Å². The fourth-order valence-corrected chi connectivity index (χ4v) is 3.01. The van der Waals surface area contributed by atoms with E-state index in [2.05, 4.69) is 51.2 Å². The van der Waals surface area contributed by atoms with Crippen LogP contribution in [-0.4, -0.2) is 52.6 Å². The molecule has 1 unspecified atom stereocenters. The van der Waals surface area contributed by atoms with Crippen LogP contribution >= 0.6 is 0 Å². The molecule has 0 aromatic carbocycles. The van der Waals surface area contributed by atoms with Crippen molar-refractivity contribution in [2.24, 2.45) is 0 Å². The lowest BCUT2D eigenvalue weighted by Gasteiger charge is -2.37. The number of likely N-dealkylation sites (tertiary alicyclic amines) is 1. The van der Waals surface area contributed by atoms with Gasteiger partial charge >= 0.3 is 0 Å². The van der Waals surface area contributed by atoms with Crippen molar-refractivity contribution < 1.29 is 0 Å². The zero-order valence-corrected chi connectivity index (χ0v) is 13.1. The van der Waals surface area contributed by atoms with Gasteiger partial charge < -0.3 is 9.88 Å². The third-order valence-corrected chi connectivity index (χ3v) is 4.08. The Morgan fingerprint density at radius 1 is 1.50 bits per heavy atom. The first-order chi connectivity index (χ1) is 10.8. The van der Waals surface area contributed by atoms with Crippen LogP contribution in [0.5, 0.6) is 0 Å². The largest absolute Gasteiger partial charge is 0.355 e. The third kappa shape index (κ3) is 3.29. The summed E-state index contributed by atoms with van der Waals surface area (Å²) in [5.41, 5.74) is 0.903. The van der Waals surface area contributed by atoms with Gasteiger partial charge in [0.15, 0.2) is 0 Å². The Morgan fingerprint density at radius 2 is 2.32 bits per heavy atom. The van der Waals surface area contributed by atoms with Gasteiger partial charge in [0.05, 0.1) is 5.39 Å². The molecule has 116 valence electrons. The number of piperidine rings is 1. The van der Waals surface area contributed by atoms with Crippen LogP contribution in [0, 0.1) is 12.8 Å². The van der Waals surface area contributed by atoms with E-state index in [1.807, 2.05) is 18.3 Å². The number of H-pyrrole nitrogens is 1. The van der Waals surface area contributed by atoms with Crippen molar-refractivity contribution in [2.75, 3.05) is 31.6 Å². The number of aromatic amines is 1. The number of likely N-dealkylation sites (N-methyl/N-ethyl adjacent to an activating group) is 1. The van der Waals surface area contributed by atoms with Gasteiger partial charge in [-0.15, -0.1) is 19.4 Å². The highest BCUT2D eigenvalue weighted by molar-refractivity contribution is 5.87. The Kier molecular flexibility index (Phi) is 5.56. The number of hydrogen-bond donors (Lipinski definition) is 1. The molecule has 5 heteroatoms. The van der Waals surface area contributed by atoms with Gasteiger partial charge in [-0.1, -0.05) is 6.08 Å². The number of rotatable bonds is 4. The van der Waals surface area contributed by atoms with Gasteiger partial charge in [-0.05, 0) is 25.5 Å². The smallest absolute Gasteiger partial charge is 0.142 e. The number of nitrogens with zero attached hydrogens (tertiary/aromatic N) is 4. The van der Waals surface area contributed by atoms with E-state index >= 15 is 0 Å². The molecule has 0 saturated carbocycles. The Bertz CT molecular complexity index is 630. The van der Waals surface area contributed by atoms with E-state index in [-0.39, 0.29) is 0 Å². The minimum absolute atomic E-state index is 0.497. The van der Waals surface area contributed by atoms with Crippen LogP contribution in [0.1, 0.15) is 12.8 Å². The highest BCUT2D eigenvalue weighted by atomic mass is 15.3. The number of aromatic nitrogens is 3. The maximum Gasteiger partial charge on any atom is 0.142 e. The van der Waals surface area contributed by atoms with Crippen molar-refractivity contribution in [3.8, 4) is 12.8 Å². The molecule has 0 aliphatic carbocycles. The van der Waals surface area contributed by atoms with Gasteiger partial charge in [-0.3, -0.25) is 4.90 Å². The van der Waals surface area contributed by atoms with Gasteiger partial charge in [0.2, 0.25) is 0 Å². The number of hydrogen-bond acceptors (Lipinski definition) is 4. The predicted octanol–water partition coefficient (Wildman–Crippen LogP) is 2.29. The lowest BCUT2D eigenvalue weighted by atomic mass is 10.0. The molecule has 0 amide bonds. The Hall–Kier alpha value is -2.32. The molecule has 22 heavy (non-hydrogen) atoms. The molecule has 3 heterocycles. The van der Waals surface area contributed by atoms with Crippen LogP contribution in [0.2, 0.25) is 0 Å². The summed E-state index contributed by atoms with van der Waals surface area (Å²) in [6.45, 7) is 7.04. The Morgan fingerprint density at radius 3 is 3.09 bits per heavy atom. The minimum atomic E-state index is 0.497. The summed E-state index contributed by atoms with van der Waals surface area (Å²) in [4.78, 5) is 16.6. The topological polar surface area (TPSA) is 48.1 Å². The van der Waals surface area contributed by atoms with Crippen LogP contribution in [0.25, 0.3) is 11.0 Å². The molecule has 1 N–H and O–H groups in total. The van der Waals surface area contributed by atoms with Gasteiger partial charge in [-0.25, -0.2) is 9.97 Å². The normalized spacial score (nSPS) is 18.4. The summed E-state index contributed by atoms with van der Waals surface area (Å²) in [5, 5.41) is 1.09. The van der Waals surface area contributed by atoms with Crippen molar-refractivity contribution in [1.29, 1.82) is 0 Å². The quantitative estimate of drug-likeness (QED) is 0.695. The molecule has 1 fully saturated rings. The van der Waals surface area contributed by atoms with Crippen LogP contribution in [0.3, 0.4) is 0 Å². The number of nitrogens with one attached hydrogen (secondary N) is 1. The molecule has 1 atom stereocenters. The molecular formula is C17H23N5. The number of terminal acetylenes is 1. The SMILES string of the molecule is C#C.C=CCN1CCCC(N(C)c2ncnc3[nH]ccc23)C1. The maximum absolute atomic E-state index is 4.48. The van der Waals surface area contributed by atoms with Crippen LogP contribution in [-0.2, 0) is 0 Å². The van der Waals surface area contributed by atoms with Gasteiger partial charge in [0.1, 0.15) is 17.8 Å². The highest BCUT2D eigenvalue weighted by Gasteiger charge is 2.24. The summed E-state index contributed by atoms with van der Waals surface area (Å²) in [6.07, 6.45) is 16.0. The van der Waals surface area contributed by atoms with E-state index in [1.165, 1.54) is 19.4 Å². The molecule has 0 bridgehead atoms. The molecule has 2 aromatic rings. The third-order valence-electron chi connectivity index (χ3n) is 4.08. The Balaban J connectivity index is 0.000000847. The second kappa shape index (κ2) is 7.62. The second-order valence-corrected chi connectivity index (χ2v) is 5.39. The van der Waals surface area contributed by atoms with Gasteiger partial charge in [-0.2, -0.15) is 0 Å². The summed E-state index contributed by atoms with van der Waals surface area (Å²) in [5.74, 6) is 1.02. The zero-order valence-electron chi connectivity index (χ0n) is 13.1. The highest BCUT2D eigenvalue weighted by Crippen LogP contribution is 2.25. The van der Waals surface area contributed by atoms with E-state index in [1.54, 1.807) is 6.33 Å². The number of anilines is 1. The molecule has 1 aliphatic heterocycles. The fraction of sp³-hybridized carbons (Fsp3) is 0.412. The summed E-state index contributed by atoms with van der Waals surface area (Å²) in [6, 6.07) is 2.54. The van der Waals surface area contributed by atoms with Crippen molar-refractivity contribution in [3.05, 3.63) is 31.2 Å². The predicted molar refractivity (Wildman–Crippen MR) is 91.8 cm³/mol. The molecule has 0 radical (unpaired) electrons. The zero-order chi connectivity index (χ0) is 15.9. The average molecular weight is 297 g/mol. The average Bonchev–Trinajstić information content (AvgIpc) is 3.05. The van der Waals surface area contributed by atoms with E-state index < -0.39 is 0 Å². The summed E-state index contributed by atoms with van der Waals surface area (Å²) in [7, 11) is 2.14. The van der Waals surface area contributed by atoms with Crippen molar-refractivity contribution in [3.63, 3.8) is 0 Å². The lowest BCUT2D eigenvalue weighted by molar-refractivity contribution is 0.225. The summed E-state index contributed by atoms with van der Waals surface area (Å²) < 4.78 is 0. The Labute approximate surface area is 132 Å². The van der Waals surface area contributed by atoms with E-state index in [0.29, 0.717) is 6.04 Å². The number of fused-ring (bicyclic) bond motifs is 1. The first-order valence-electron chi connectivity index (χ1n) is 7.47. The molecule has 1 saturated heterocycles. The molecular weight excluding hydrogens is 274 g/mol. The molecule has 0 spiro atoms. The first kappa shape index (κ1) is 16.1. The molecule has 3 rings (SSSR count). The molecule has 5 nitrogen and oxygen atoms in total. The summed E-state index contributed by atoms with van der Waals surface area (Å²) >= 11 is 0. The van der Waals surface area contributed by atoms with Crippen molar-refractivity contribution in [2.45, 2.75) is 18.9 Å². The first-order valence-corrected chi connectivity index (χ1v) is 7.47. The van der Waals surface area contributed by atoms with E-state index in [0.717, 1.165) is 29.9 Å². The fourth-order valence-electron chi connectivity index (χ4n) is 3.01. The lowest BCUT2D eigenvalue weighted by Crippen LogP contribution is -2.46. The standard InChI is InChI=1S/C15H21N5.C2H2/c1-3-8-20-9-4-5-12(10-20)19(2)15-13-6-7-16-14(13)17-11-18-15;1-2/h3,6-7,11-12H,1,4-5,8-10H2,2H3,(H,16,17,18);1-2H. The second-order valence-electron chi connectivity index (χ2n) is 5.39. The van der Waals surface area contributed by atoms with Gasteiger partial charge in [0.25, 0.3) is 0 Å². The van der Waals surface area contributed by atoms with Crippen molar-refractivity contribution in [1.82, 2.24) is 19.9 Å². The van der Waals surface area contributed by atoms with E-state index in [4.69, 9.17) is 0 Å².